The summed E-state index contributed by atoms with van der Waals surface area (Å²) in [6, 6.07) is 19.5. The van der Waals surface area contributed by atoms with Gasteiger partial charge >= 0.3 is 0 Å². The standard InChI is InChI=1S/C22H15ClFN3O2/c23-15-11-9-14(10-12-15)21(29)22-26-18-7-3-4-8-19(18)27(22)13-20(28)25-17-6-2-1-5-16(17)24/h1-12H,13H2,(H,25,28). The number of benzene rings is 3. The number of imidazole rings is 1. The first-order chi connectivity index (χ1) is 14.0. The third-order valence-electron chi connectivity index (χ3n) is 4.41. The largest absolute Gasteiger partial charge is 0.322 e. The van der Waals surface area contributed by atoms with Gasteiger partial charge in [0.05, 0.1) is 16.7 Å². The van der Waals surface area contributed by atoms with E-state index in [0.29, 0.717) is 21.6 Å². The van der Waals surface area contributed by atoms with Crippen LogP contribution in [0.3, 0.4) is 0 Å². The van der Waals surface area contributed by atoms with Crippen LogP contribution >= 0.6 is 11.6 Å². The molecule has 4 rings (SSSR count). The third-order valence-corrected chi connectivity index (χ3v) is 4.67. The molecule has 5 nitrogen and oxygen atoms in total. The minimum Gasteiger partial charge on any atom is -0.322 e. The van der Waals surface area contributed by atoms with E-state index in [-0.39, 0.29) is 23.8 Å². The monoisotopic (exact) mass is 407 g/mol. The number of nitrogens with zero attached hydrogens (tertiary/aromatic N) is 2. The summed E-state index contributed by atoms with van der Waals surface area (Å²) < 4.78 is 15.4. The van der Waals surface area contributed by atoms with Gasteiger partial charge in [0.15, 0.2) is 5.82 Å². The number of nitrogens with one attached hydrogen (secondary N) is 1. The van der Waals surface area contributed by atoms with Crippen molar-refractivity contribution in [2.45, 2.75) is 6.54 Å². The van der Waals surface area contributed by atoms with Crippen molar-refractivity contribution in [3.8, 4) is 0 Å². The van der Waals surface area contributed by atoms with E-state index < -0.39 is 11.7 Å². The maximum absolute atomic E-state index is 13.8. The van der Waals surface area contributed by atoms with E-state index in [9.17, 15) is 14.0 Å². The van der Waals surface area contributed by atoms with Crippen LogP contribution in [0.2, 0.25) is 5.02 Å². The van der Waals surface area contributed by atoms with Crippen molar-refractivity contribution < 1.29 is 14.0 Å². The minimum atomic E-state index is -0.534. The van der Waals surface area contributed by atoms with Crippen molar-refractivity contribution >= 4 is 40.0 Å². The van der Waals surface area contributed by atoms with Crippen LogP contribution in [0.4, 0.5) is 10.1 Å². The summed E-state index contributed by atoms with van der Waals surface area (Å²) in [6.45, 7) is -0.191. The lowest BCUT2D eigenvalue weighted by Crippen LogP contribution is -2.22. The maximum atomic E-state index is 13.8. The maximum Gasteiger partial charge on any atom is 0.244 e. The van der Waals surface area contributed by atoms with Gasteiger partial charge in [0, 0.05) is 10.6 Å². The van der Waals surface area contributed by atoms with Crippen LogP contribution in [-0.2, 0) is 11.3 Å². The zero-order valence-electron chi connectivity index (χ0n) is 15.1. The molecule has 0 radical (unpaired) electrons. The molecular weight excluding hydrogens is 393 g/mol. The lowest BCUT2D eigenvalue weighted by Gasteiger charge is -2.10. The number of para-hydroxylation sites is 3. The molecule has 0 fully saturated rings. The first kappa shape index (κ1) is 18.8. The SMILES string of the molecule is O=C(Cn1c(C(=O)c2ccc(Cl)cc2)nc2ccccc21)Nc1ccccc1F. The molecule has 1 aromatic heterocycles. The van der Waals surface area contributed by atoms with Crippen molar-refractivity contribution in [1.29, 1.82) is 0 Å². The van der Waals surface area contributed by atoms with Gasteiger partial charge in [-0.1, -0.05) is 35.9 Å². The average Bonchev–Trinajstić information content (AvgIpc) is 3.08. The molecule has 1 amide bonds. The molecule has 0 spiro atoms. The summed E-state index contributed by atoms with van der Waals surface area (Å²) in [7, 11) is 0. The van der Waals surface area contributed by atoms with Gasteiger partial charge in [-0.25, -0.2) is 9.37 Å². The number of carbonyl (C=O) groups is 2. The molecule has 144 valence electrons. The highest BCUT2D eigenvalue weighted by atomic mass is 35.5. The van der Waals surface area contributed by atoms with Crippen LogP contribution in [0.25, 0.3) is 11.0 Å². The van der Waals surface area contributed by atoms with Gasteiger partial charge in [-0.05, 0) is 48.5 Å². The van der Waals surface area contributed by atoms with E-state index in [0.717, 1.165) is 0 Å². The molecular formula is C22H15ClFN3O2. The summed E-state index contributed by atoms with van der Waals surface area (Å²) >= 11 is 5.90. The summed E-state index contributed by atoms with van der Waals surface area (Å²) in [6.07, 6.45) is 0. The molecule has 0 atom stereocenters. The van der Waals surface area contributed by atoms with Gasteiger partial charge in [-0.15, -0.1) is 0 Å². The Bertz CT molecular complexity index is 1220. The van der Waals surface area contributed by atoms with Crippen LogP contribution in [0.5, 0.6) is 0 Å². The van der Waals surface area contributed by atoms with Crippen LogP contribution in [0.15, 0.2) is 72.8 Å². The van der Waals surface area contributed by atoms with Crippen molar-refractivity contribution in [2.75, 3.05) is 5.32 Å². The Labute approximate surface area is 170 Å². The third kappa shape index (κ3) is 3.88. The van der Waals surface area contributed by atoms with Gasteiger partial charge in [0.2, 0.25) is 11.7 Å². The second kappa shape index (κ2) is 7.85. The van der Waals surface area contributed by atoms with E-state index in [2.05, 4.69) is 10.3 Å². The topological polar surface area (TPSA) is 64.0 Å². The van der Waals surface area contributed by atoms with Crippen molar-refractivity contribution in [3.63, 3.8) is 0 Å². The molecule has 0 aliphatic rings. The molecule has 0 unspecified atom stereocenters. The first-order valence-corrected chi connectivity index (χ1v) is 9.20. The fourth-order valence-electron chi connectivity index (χ4n) is 3.04. The number of ketones is 1. The molecule has 0 aliphatic carbocycles. The molecule has 0 saturated heterocycles. The second-order valence-electron chi connectivity index (χ2n) is 6.37. The molecule has 0 saturated carbocycles. The highest BCUT2D eigenvalue weighted by Gasteiger charge is 2.21. The normalized spacial score (nSPS) is 10.8. The van der Waals surface area contributed by atoms with Crippen molar-refractivity contribution in [2.24, 2.45) is 0 Å². The number of hydrogen-bond donors (Lipinski definition) is 1. The lowest BCUT2D eigenvalue weighted by atomic mass is 10.1. The zero-order chi connectivity index (χ0) is 20.4. The van der Waals surface area contributed by atoms with E-state index in [4.69, 9.17) is 11.6 Å². The molecule has 4 aromatic rings. The number of halogens is 2. The highest BCUT2D eigenvalue weighted by Crippen LogP contribution is 2.20. The van der Waals surface area contributed by atoms with Crippen LogP contribution in [-0.4, -0.2) is 21.2 Å². The Morgan fingerprint density at radius 1 is 0.966 bits per heavy atom. The first-order valence-electron chi connectivity index (χ1n) is 8.83. The van der Waals surface area contributed by atoms with Crippen molar-refractivity contribution in [3.05, 3.63) is 95.0 Å². The van der Waals surface area contributed by atoms with Gasteiger partial charge in [0.25, 0.3) is 0 Å². The number of amides is 1. The van der Waals surface area contributed by atoms with Gasteiger partial charge in [-0.3, -0.25) is 9.59 Å². The lowest BCUT2D eigenvalue weighted by molar-refractivity contribution is -0.116. The van der Waals surface area contributed by atoms with Gasteiger partial charge < -0.3 is 9.88 Å². The number of rotatable bonds is 5. The predicted octanol–water partition coefficient (Wildman–Crippen LogP) is 4.70. The molecule has 1 heterocycles. The summed E-state index contributed by atoms with van der Waals surface area (Å²) in [5, 5.41) is 3.05. The number of hydrogen-bond acceptors (Lipinski definition) is 3. The highest BCUT2D eigenvalue weighted by molar-refractivity contribution is 6.30. The van der Waals surface area contributed by atoms with Crippen LogP contribution < -0.4 is 5.32 Å². The Morgan fingerprint density at radius 2 is 1.66 bits per heavy atom. The van der Waals surface area contributed by atoms with E-state index in [1.54, 1.807) is 54.6 Å². The Hall–Kier alpha value is -3.51. The molecule has 0 bridgehead atoms. The fourth-order valence-corrected chi connectivity index (χ4v) is 3.16. The fraction of sp³-hybridized carbons (Fsp3) is 0.0455. The zero-order valence-corrected chi connectivity index (χ0v) is 15.9. The number of anilines is 1. The van der Waals surface area contributed by atoms with Gasteiger partial charge in [0.1, 0.15) is 12.4 Å². The van der Waals surface area contributed by atoms with E-state index >= 15 is 0 Å². The summed E-state index contributed by atoms with van der Waals surface area (Å²) in [5.41, 5.74) is 1.70. The average molecular weight is 408 g/mol. The molecule has 3 aromatic carbocycles. The van der Waals surface area contributed by atoms with E-state index in [1.807, 2.05) is 0 Å². The molecule has 1 N–H and O–H groups in total. The van der Waals surface area contributed by atoms with Crippen LogP contribution in [0, 0.1) is 5.82 Å². The number of fused-ring (bicyclic) bond motifs is 1. The quantitative estimate of drug-likeness (QED) is 0.488. The number of carbonyl (C=O) groups excluding carboxylic acids is 2. The molecule has 29 heavy (non-hydrogen) atoms. The predicted molar refractivity (Wildman–Crippen MR) is 110 cm³/mol. The second-order valence-corrected chi connectivity index (χ2v) is 6.81. The summed E-state index contributed by atoms with van der Waals surface area (Å²) in [4.78, 5) is 30.0. The Balaban J connectivity index is 1.70. The van der Waals surface area contributed by atoms with Gasteiger partial charge in [-0.2, -0.15) is 0 Å². The van der Waals surface area contributed by atoms with E-state index in [1.165, 1.54) is 22.8 Å². The molecule has 7 heteroatoms. The van der Waals surface area contributed by atoms with Crippen LogP contribution in [0.1, 0.15) is 16.2 Å². The Kier molecular flexibility index (Phi) is 5.10. The Morgan fingerprint density at radius 3 is 2.41 bits per heavy atom. The smallest absolute Gasteiger partial charge is 0.244 e. The number of aromatic nitrogens is 2. The minimum absolute atomic E-state index is 0.0764. The van der Waals surface area contributed by atoms with Crippen molar-refractivity contribution in [1.82, 2.24) is 9.55 Å². The molecule has 0 aliphatic heterocycles. The summed E-state index contributed by atoms with van der Waals surface area (Å²) in [5.74, 6) is -1.22.